The number of fused-ring (bicyclic) bond motifs is 3. The van der Waals surface area contributed by atoms with E-state index in [4.69, 9.17) is 4.74 Å². The maximum absolute atomic E-state index is 12.3. The number of allylic oxidation sites excluding steroid dienone is 1. The van der Waals surface area contributed by atoms with Crippen molar-refractivity contribution >= 4 is 17.4 Å². The highest BCUT2D eigenvalue weighted by molar-refractivity contribution is 6.11. The molecular formula is C15H15NO3. The SMILES string of the molecule is COC1=CC(=O)N2c3c(C)cccc3CC2CC1=O. The maximum atomic E-state index is 12.3. The molecule has 0 saturated heterocycles. The lowest BCUT2D eigenvalue weighted by Gasteiger charge is -2.23. The zero-order chi connectivity index (χ0) is 13.6. The van der Waals surface area contributed by atoms with Crippen molar-refractivity contribution in [3.63, 3.8) is 0 Å². The number of ketones is 1. The van der Waals surface area contributed by atoms with Crippen LogP contribution >= 0.6 is 0 Å². The third kappa shape index (κ3) is 1.75. The normalized spacial score (nSPS) is 21.7. The number of rotatable bonds is 1. The fourth-order valence-corrected chi connectivity index (χ4v) is 2.96. The monoisotopic (exact) mass is 257 g/mol. The Morgan fingerprint density at radius 3 is 2.79 bits per heavy atom. The first-order valence-electron chi connectivity index (χ1n) is 6.32. The van der Waals surface area contributed by atoms with E-state index in [1.807, 2.05) is 25.1 Å². The average Bonchev–Trinajstić information content (AvgIpc) is 2.69. The van der Waals surface area contributed by atoms with E-state index in [0.717, 1.165) is 23.2 Å². The molecule has 1 aromatic rings. The molecule has 1 atom stereocenters. The van der Waals surface area contributed by atoms with Crippen LogP contribution < -0.4 is 4.90 Å². The lowest BCUT2D eigenvalue weighted by atomic mass is 10.0. The average molecular weight is 257 g/mol. The van der Waals surface area contributed by atoms with Crippen molar-refractivity contribution in [2.24, 2.45) is 0 Å². The number of anilines is 1. The fraction of sp³-hybridized carbons (Fsp3) is 0.333. The molecule has 0 N–H and O–H groups in total. The van der Waals surface area contributed by atoms with Gasteiger partial charge in [0.2, 0.25) is 0 Å². The Morgan fingerprint density at radius 1 is 1.26 bits per heavy atom. The van der Waals surface area contributed by atoms with Gasteiger partial charge in [-0.1, -0.05) is 18.2 Å². The predicted octanol–water partition coefficient (Wildman–Crippen LogP) is 1.76. The van der Waals surface area contributed by atoms with Gasteiger partial charge >= 0.3 is 0 Å². The maximum Gasteiger partial charge on any atom is 0.255 e. The Labute approximate surface area is 111 Å². The largest absolute Gasteiger partial charge is 0.493 e. The molecule has 0 spiro atoms. The van der Waals surface area contributed by atoms with Gasteiger partial charge in [-0.15, -0.1) is 0 Å². The number of carbonyl (C=O) groups excluding carboxylic acids is 2. The van der Waals surface area contributed by atoms with Crippen LogP contribution in [0.15, 0.2) is 30.0 Å². The van der Waals surface area contributed by atoms with E-state index in [-0.39, 0.29) is 23.5 Å². The summed E-state index contributed by atoms with van der Waals surface area (Å²) < 4.78 is 5.00. The summed E-state index contributed by atoms with van der Waals surface area (Å²) in [6.07, 6.45) is 2.36. The van der Waals surface area contributed by atoms with Crippen molar-refractivity contribution in [3.05, 3.63) is 41.2 Å². The molecule has 0 bridgehead atoms. The van der Waals surface area contributed by atoms with Gasteiger partial charge in [0.25, 0.3) is 5.91 Å². The molecule has 2 aliphatic heterocycles. The molecule has 0 radical (unpaired) electrons. The van der Waals surface area contributed by atoms with Crippen LogP contribution in [0.25, 0.3) is 0 Å². The van der Waals surface area contributed by atoms with Crippen LogP contribution in [0.1, 0.15) is 17.5 Å². The molecule has 0 aliphatic carbocycles. The van der Waals surface area contributed by atoms with Crippen LogP contribution in [0.3, 0.4) is 0 Å². The summed E-state index contributed by atoms with van der Waals surface area (Å²) in [5.41, 5.74) is 3.16. The minimum absolute atomic E-state index is 0.0833. The smallest absolute Gasteiger partial charge is 0.255 e. The predicted molar refractivity (Wildman–Crippen MR) is 70.9 cm³/mol. The van der Waals surface area contributed by atoms with Gasteiger partial charge in [0, 0.05) is 18.5 Å². The number of hydrogen-bond acceptors (Lipinski definition) is 3. The van der Waals surface area contributed by atoms with E-state index in [9.17, 15) is 9.59 Å². The molecule has 0 saturated carbocycles. The van der Waals surface area contributed by atoms with Gasteiger partial charge in [-0.05, 0) is 24.5 Å². The van der Waals surface area contributed by atoms with Crippen LogP contribution in [-0.2, 0) is 20.7 Å². The van der Waals surface area contributed by atoms with Gasteiger partial charge in [0.1, 0.15) is 0 Å². The summed E-state index contributed by atoms with van der Waals surface area (Å²) in [5, 5.41) is 0. The first kappa shape index (κ1) is 12.0. The molecule has 0 aromatic heterocycles. The minimum Gasteiger partial charge on any atom is -0.493 e. The second-order valence-electron chi connectivity index (χ2n) is 4.99. The molecular weight excluding hydrogens is 242 g/mol. The van der Waals surface area contributed by atoms with Crippen molar-refractivity contribution in [2.45, 2.75) is 25.8 Å². The molecule has 1 amide bonds. The number of carbonyl (C=O) groups is 2. The topological polar surface area (TPSA) is 46.6 Å². The molecule has 4 nitrogen and oxygen atoms in total. The van der Waals surface area contributed by atoms with E-state index in [1.54, 1.807) is 4.90 Å². The molecule has 1 aromatic carbocycles. The van der Waals surface area contributed by atoms with Crippen LogP contribution in [0.2, 0.25) is 0 Å². The summed E-state index contributed by atoms with van der Waals surface area (Å²) in [4.78, 5) is 26.1. The highest BCUT2D eigenvalue weighted by Crippen LogP contribution is 2.38. The van der Waals surface area contributed by atoms with E-state index in [2.05, 4.69) is 0 Å². The van der Waals surface area contributed by atoms with Crippen molar-refractivity contribution in [3.8, 4) is 0 Å². The second-order valence-corrected chi connectivity index (χ2v) is 4.99. The number of Topliss-reactive ketones (excluding diaryl/α,β-unsaturated/α-hetero) is 1. The molecule has 0 fully saturated rings. The van der Waals surface area contributed by atoms with Crippen LogP contribution in [0.4, 0.5) is 5.69 Å². The Kier molecular flexibility index (Phi) is 2.66. The first-order chi connectivity index (χ1) is 9.11. The van der Waals surface area contributed by atoms with Crippen LogP contribution in [-0.4, -0.2) is 24.8 Å². The third-order valence-electron chi connectivity index (χ3n) is 3.79. The van der Waals surface area contributed by atoms with Gasteiger partial charge in [-0.3, -0.25) is 9.59 Å². The second kappa shape index (κ2) is 4.23. The minimum atomic E-state index is -0.166. The van der Waals surface area contributed by atoms with Crippen molar-refractivity contribution in [1.29, 1.82) is 0 Å². The van der Waals surface area contributed by atoms with Gasteiger partial charge in [0.05, 0.1) is 12.8 Å². The number of aryl methyl sites for hydroxylation is 1. The molecule has 4 heteroatoms. The number of hydrogen-bond donors (Lipinski definition) is 0. The molecule has 98 valence electrons. The quantitative estimate of drug-likeness (QED) is 0.770. The highest BCUT2D eigenvalue weighted by Gasteiger charge is 2.38. The number of para-hydroxylation sites is 1. The Balaban J connectivity index is 2.10. The number of methoxy groups -OCH3 is 1. The van der Waals surface area contributed by atoms with Crippen LogP contribution in [0, 0.1) is 6.92 Å². The number of benzene rings is 1. The van der Waals surface area contributed by atoms with Gasteiger partial charge in [-0.25, -0.2) is 0 Å². The summed E-state index contributed by atoms with van der Waals surface area (Å²) >= 11 is 0. The van der Waals surface area contributed by atoms with Gasteiger partial charge < -0.3 is 9.64 Å². The Hall–Kier alpha value is -2.10. The van der Waals surface area contributed by atoms with E-state index < -0.39 is 0 Å². The highest BCUT2D eigenvalue weighted by atomic mass is 16.5. The molecule has 2 aliphatic rings. The number of nitrogens with zero attached hydrogens (tertiary/aromatic N) is 1. The van der Waals surface area contributed by atoms with Crippen molar-refractivity contribution < 1.29 is 14.3 Å². The standard InChI is InChI=1S/C15H15NO3/c1-9-4-3-5-10-6-11-7-12(17)13(19-2)8-14(18)16(11)15(9)10/h3-5,8,11H,6-7H2,1-2H3. The fourth-order valence-electron chi connectivity index (χ4n) is 2.96. The summed E-state index contributed by atoms with van der Waals surface area (Å²) in [5.74, 6) is -0.107. The lowest BCUT2D eigenvalue weighted by molar-refractivity contribution is -0.118. The molecule has 2 heterocycles. The van der Waals surface area contributed by atoms with Crippen molar-refractivity contribution in [1.82, 2.24) is 0 Å². The summed E-state index contributed by atoms with van der Waals surface area (Å²) in [6.45, 7) is 1.99. The van der Waals surface area contributed by atoms with Gasteiger partial charge in [0.15, 0.2) is 11.5 Å². The lowest BCUT2D eigenvalue weighted by Crippen LogP contribution is -2.36. The van der Waals surface area contributed by atoms with E-state index in [0.29, 0.717) is 6.42 Å². The molecule has 3 rings (SSSR count). The zero-order valence-electron chi connectivity index (χ0n) is 11.0. The number of amides is 1. The molecule has 19 heavy (non-hydrogen) atoms. The first-order valence-corrected chi connectivity index (χ1v) is 6.32. The summed E-state index contributed by atoms with van der Waals surface area (Å²) in [6, 6.07) is 5.92. The van der Waals surface area contributed by atoms with Crippen LogP contribution in [0.5, 0.6) is 0 Å². The van der Waals surface area contributed by atoms with Crippen molar-refractivity contribution in [2.75, 3.05) is 12.0 Å². The zero-order valence-corrected chi connectivity index (χ0v) is 11.0. The van der Waals surface area contributed by atoms with Gasteiger partial charge in [-0.2, -0.15) is 0 Å². The van der Waals surface area contributed by atoms with E-state index in [1.165, 1.54) is 13.2 Å². The molecule has 1 unspecified atom stereocenters. The Bertz CT molecular complexity index is 603. The van der Waals surface area contributed by atoms with E-state index >= 15 is 0 Å². The Morgan fingerprint density at radius 2 is 2.05 bits per heavy atom. The number of ether oxygens (including phenoxy) is 1. The summed E-state index contributed by atoms with van der Waals surface area (Å²) in [7, 11) is 1.42. The third-order valence-corrected chi connectivity index (χ3v) is 3.79.